The van der Waals surface area contributed by atoms with Gasteiger partial charge in [-0.05, 0) is 44.9 Å². The maximum absolute atomic E-state index is 11.9. The zero-order valence-electron chi connectivity index (χ0n) is 10.9. The van der Waals surface area contributed by atoms with Crippen molar-refractivity contribution in [1.29, 1.82) is 0 Å². The highest BCUT2D eigenvalue weighted by molar-refractivity contribution is 7.16. The van der Waals surface area contributed by atoms with Crippen LogP contribution in [0.3, 0.4) is 0 Å². The Morgan fingerprint density at radius 1 is 1.58 bits per heavy atom. The van der Waals surface area contributed by atoms with Gasteiger partial charge in [-0.1, -0.05) is 11.6 Å². The van der Waals surface area contributed by atoms with Gasteiger partial charge in [-0.3, -0.25) is 4.79 Å². The second-order valence-corrected chi connectivity index (χ2v) is 6.56. The normalized spacial score (nSPS) is 22.6. The molecule has 2 atom stereocenters. The van der Waals surface area contributed by atoms with E-state index in [1.165, 1.54) is 4.88 Å². The summed E-state index contributed by atoms with van der Waals surface area (Å²) in [5.41, 5.74) is 0. The lowest BCUT2D eigenvalue weighted by Gasteiger charge is -2.30. The molecule has 1 aliphatic heterocycles. The van der Waals surface area contributed by atoms with Crippen LogP contribution in [0.15, 0.2) is 12.1 Å². The molecule has 2 rings (SSSR count). The molecule has 0 bridgehead atoms. The van der Waals surface area contributed by atoms with Crippen LogP contribution in [0.25, 0.3) is 0 Å². The third-order valence-corrected chi connectivity index (χ3v) is 4.63. The molecule has 3 nitrogen and oxygen atoms in total. The molecule has 19 heavy (non-hydrogen) atoms. The van der Waals surface area contributed by atoms with E-state index in [9.17, 15) is 4.79 Å². The Kier molecular flexibility index (Phi) is 7.15. The van der Waals surface area contributed by atoms with Crippen molar-refractivity contribution < 1.29 is 4.79 Å². The van der Waals surface area contributed by atoms with Crippen LogP contribution in [0.4, 0.5) is 0 Å². The summed E-state index contributed by atoms with van der Waals surface area (Å²) in [6.45, 7) is 3.18. The lowest BCUT2D eigenvalue weighted by Crippen LogP contribution is -2.51. The Bertz CT molecular complexity index is 411. The molecule has 0 radical (unpaired) electrons. The van der Waals surface area contributed by atoms with Gasteiger partial charge in [-0.2, -0.15) is 0 Å². The summed E-state index contributed by atoms with van der Waals surface area (Å²) in [5.74, 6) is 0.139. The van der Waals surface area contributed by atoms with Crippen molar-refractivity contribution in [3.05, 3.63) is 21.3 Å². The summed E-state index contributed by atoms with van der Waals surface area (Å²) in [6, 6.07) is 4.52. The smallest absolute Gasteiger partial charge is 0.220 e. The van der Waals surface area contributed by atoms with Gasteiger partial charge in [0, 0.05) is 23.4 Å². The van der Waals surface area contributed by atoms with E-state index in [0.29, 0.717) is 12.5 Å². The Morgan fingerprint density at radius 2 is 2.37 bits per heavy atom. The van der Waals surface area contributed by atoms with Crippen LogP contribution in [0.5, 0.6) is 0 Å². The molecule has 1 saturated heterocycles. The quantitative estimate of drug-likeness (QED) is 0.894. The van der Waals surface area contributed by atoms with E-state index in [2.05, 4.69) is 17.6 Å². The lowest BCUT2D eigenvalue weighted by molar-refractivity contribution is -0.122. The summed E-state index contributed by atoms with van der Waals surface area (Å²) in [5, 5.41) is 6.50. The second kappa shape index (κ2) is 8.10. The monoisotopic (exact) mass is 322 g/mol. The third kappa shape index (κ3) is 5.30. The third-order valence-electron chi connectivity index (χ3n) is 3.34. The molecular formula is C13H20Cl2N2OS. The maximum Gasteiger partial charge on any atom is 0.220 e. The topological polar surface area (TPSA) is 41.1 Å². The molecular weight excluding hydrogens is 303 g/mol. The second-order valence-electron chi connectivity index (χ2n) is 4.76. The van der Waals surface area contributed by atoms with E-state index in [4.69, 9.17) is 11.6 Å². The summed E-state index contributed by atoms with van der Waals surface area (Å²) in [4.78, 5) is 13.0. The average Bonchev–Trinajstić information content (AvgIpc) is 2.76. The molecule has 2 N–H and O–H groups in total. The van der Waals surface area contributed by atoms with Crippen LogP contribution in [0.2, 0.25) is 4.34 Å². The van der Waals surface area contributed by atoms with Crippen LogP contribution in [-0.2, 0) is 11.2 Å². The van der Waals surface area contributed by atoms with Crippen LogP contribution in [0, 0.1) is 0 Å². The average molecular weight is 323 g/mol. The number of rotatable bonds is 4. The first-order chi connectivity index (χ1) is 8.65. The number of piperidine rings is 1. The van der Waals surface area contributed by atoms with Gasteiger partial charge in [0.25, 0.3) is 0 Å². The predicted molar refractivity (Wildman–Crippen MR) is 83.5 cm³/mol. The van der Waals surface area contributed by atoms with Crippen molar-refractivity contribution in [1.82, 2.24) is 10.6 Å². The van der Waals surface area contributed by atoms with Crippen molar-refractivity contribution in [2.45, 2.75) is 44.7 Å². The molecule has 0 saturated carbocycles. The summed E-state index contributed by atoms with van der Waals surface area (Å²) >= 11 is 7.41. The highest BCUT2D eigenvalue weighted by Gasteiger charge is 2.22. The van der Waals surface area contributed by atoms with Crippen molar-refractivity contribution in [3.8, 4) is 0 Å². The number of thiophene rings is 1. The number of carbonyl (C=O) groups excluding carboxylic acids is 1. The van der Waals surface area contributed by atoms with E-state index in [1.807, 2.05) is 12.1 Å². The van der Waals surface area contributed by atoms with Gasteiger partial charge in [0.2, 0.25) is 5.91 Å². The molecule has 2 unspecified atom stereocenters. The zero-order chi connectivity index (χ0) is 13.0. The molecule has 0 aliphatic carbocycles. The van der Waals surface area contributed by atoms with Crippen LogP contribution in [-0.4, -0.2) is 24.5 Å². The number of hydrogen-bond donors (Lipinski definition) is 2. The van der Waals surface area contributed by atoms with Crippen molar-refractivity contribution in [2.75, 3.05) is 6.54 Å². The molecule has 2 heterocycles. The molecule has 0 aromatic carbocycles. The largest absolute Gasteiger partial charge is 0.352 e. The Labute approximate surface area is 129 Å². The van der Waals surface area contributed by atoms with Crippen LogP contribution in [0.1, 0.15) is 31.1 Å². The SMILES string of the molecule is CC1NCCCC1NC(=O)CCc1ccc(Cl)s1.Cl. The predicted octanol–water partition coefficient (Wildman–Crippen LogP) is 3.01. The van der Waals surface area contributed by atoms with Crippen molar-refractivity contribution in [2.24, 2.45) is 0 Å². The van der Waals surface area contributed by atoms with Crippen LogP contribution >= 0.6 is 35.3 Å². The molecule has 108 valence electrons. The van der Waals surface area contributed by atoms with Gasteiger partial charge >= 0.3 is 0 Å². The summed E-state index contributed by atoms with van der Waals surface area (Å²) in [7, 11) is 0. The minimum atomic E-state index is 0. The molecule has 1 aromatic rings. The first kappa shape index (κ1) is 16.8. The van der Waals surface area contributed by atoms with E-state index >= 15 is 0 Å². The van der Waals surface area contributed by atoms with Gasteiger partial charge in [0.15, 0.2) is 0 Å². The van der Waals surface area contributed by atoms with Gasteiger partial charge < -0.3 is 10.6 Å². The number of nitrogens with one attached hydrogen (secondary N) is 2. The molecule has 1 amide bonds. The van der Waals surface area contributed by atoms with E-state index < -0.39 is 0 Å². The molecule has 6 heteroatoms. The van der Waals surface area contributed by atoms with Gasteiger partial charge in [-0.15, -0.1) is 23.7 Å². The van der Waals surface area contributed by atoms with Crippen molar-refractivity contribution in [3.63, 3.8) is 0 Å². The first-order valence-corrected chi connectivity index (χ1v) is 7.61. The molecule has 0 spiro atoms. The minimum Gasteiger partial charge on any atom is -0.352 e. The Hall–Kier alpha value is -0.290. The van der Waals surface area contributed by atoms with Gasteiger partial charge in [0.05, 0.1) is 4.34 Å². The number of carbonyl (C=O) groups is 1. The lowest BCUT2D eigenvalue weighted by atomic mass is 10.00. The number of halogens is 2. The standard InChI is InChI=1S/C13H19ClN2OS.ClH/c1-9-11(3-2-8-15-9)16-13(17)7-5-10-4-6-12(14)18-10;/h4,6,9,11,15H,2-3,5,7-8H2,1H3,(H,16,17);1H. The fraction of sp³-hybridized carbons (Fsp3) is 0.615. The van der Waals surface area contributed by atoms with Gasteiger partial charge in [-0.25, -0.2) is 0 Å². The maximum atomic E-state index is 11.9. The van der Waals surface area contributed by atoms with E-state index in [1.54, 1.807) is 11.3 Å². The molecule has 1 fully saturated rings. The fourth-order valence-electron chi connectivity index (χ4n) is 2.24. The number of amides is 1. The highest BCUT2D eigenvalue weighted by Crippen LogP contribution is 2.22. The molecule has 1 aliphatic rings. The number of hydrogen-bond acceptors (Lipinski definition) is 3. The van der Waals surface area contributed by atoms with Crippen LogP contribution < -0.4 is 10.6 Å². The fourth-order valence-corrected chi connectivity index (χ4v) is 3.33. The number of aryl methyl sites for hydroxylation is 1. The molecule has 1 aromatic heterocycles. The summed E-state index contributed by atoms with van der Waals surface area (Å²) < 4.78 is 0.788. The Balaban J connectivity index is 0.00000180. The van der Waals surface area contributed by atoms with E-state index in [0.717, 1.165) is 30.1 Å². The summed E-state index contributed by atoms with van der Waals surface area (Å²) in [6.07, 6.45) is 3.53. The minimum absolute atomic E-state index is 0. The van der Waals surface area contributed by atoms with E-state index in [-0.39, 0.29) is 24.4 Å². The zero-order valence-corrected chi connectivity index (χ0v) is 13.3. The van der Waals surface area contributed by atoms with Gasteiger partial charge in [0.1, 0.15) is 0 Å². The first-order valence-electron chi connectivity index (χ1n) is 6.42. The highest BCUT2D eigenvalue weighted by atomic mass is 35.5. The Morgan fingerprint density at radius 3 is 3.00 bits per heavy atom. The van der Waals surface area contributed by atoms with Crippen molar-refractivity contribution >= 4 is 41.3 Å².